The number of hydrogen-bond acceptors (Lipinski definition) is 7. The van der Waals surface area contributed by atoms with E-state index in [9.17, 15) is 35.9 Å². The Hall–Kier alpha value is -5.61. The highest BCUT2D eigenvalue weighted by atomic mass is 19.4. The number of halogens is 6. The number of amides is 1. The summed E-state index contributed by atoms with van der Waals surface area (Å²) in [7, 11) is 1.57. The predicted octanol–water partition coefficient (Wildman–Crippen LogP) is 8.21. The summed E-state index contributed by atoms with van der Waals surface area (Å²) in [4.78, 5) is 29.3. The lowest BCUT2D eigenvalue weighted by molar-refractivity contribution is -0.143. The van der Waals surface area contributed by atoms with Crippen molar-refractivity contribution in [2.45, 2.75) is 62.5 Å². The van der Waals surface area contributed by atoms with Crippen LogP contribution in [0.4, 0.5) is 31.1 Å². The van der Waals surface area contributed by atoms with Gasteiger partial charge in [0.1, 0.15) is 18.7 Å². The molecule has 6 rings (SSSR count). The average molecular weight is 798 g/mol. The van der Waals surface area contributed by atoms with Crippen molar-refractivity contribution in [1.82, 2.24) is 25.0 Å². The van der Waals surface area contributed by atoms with Crippen molar-refractivity contribution < 1.29 is 45.3 Å². The molecule has 1 saturated heterocycles. The van der Waals surface area contributed by atoms with Gasteiger partial charge in [-0.1, -0.05) is 72.8 Å². The second-order valence-electron chi connectivity index (χ2n) is 14.0. The highest BCUT2D eigenvalue weighted by Gasteiger charge is 2.53. The van der Waals surface area contributed by atoms with Gasteiger partial charge in [-0.25, -0.2) is 14.7 Å². The molecule has 57 heavy (non-hydrogen) atoms. The van der Waals surface area contributed by atoms with Gasteiger partial charge in [0.2, 0.25) is 0 Å². The maximum Gasteiger partial charge on any atom is 0.416 e. The third-order valence-corrected chi connectivity index (χ3v) is 10.4. The summed E-state index contributed by atoms with van der Waals surface area (Å²) in [6, 6.07) is 26.5. The normalized spacial score (nSPS) is 19.3. The summed E-state index contributed by atoms with van der Waals surface area (Å²) < 4.78 is 102. The van der Waals surface area contributed by atoms with Gasteiger partial charge in [-0.2, -0.15) is 31.4 Å². The summed E-state index contributed by atoms with van der Waals surface area (Å²) in [5, 5.41) is 9.83. The first-order valence-corrected chi connectivity index (χ1v) is 18.0. The Morgan fingerprint density at radius 1 is 0.877 bits per heavy atom. The lowest BCUT2D eigenvalue weighted by atomic mass is 9.74. The van der Waals surface area contributed by atoms with Gasteiger partial charge in [-0.05, 0) is 72.4 Å². The van der Waals surface area contributed by atoms with Gasteiger partial charge in [-0.15, -0.1) is 0 Å². The number of aromatic amines is 1. The highest BCUT2D eigenvalue weighted by molar-refractivity contribution is 5.70. The van der Waals surface area contributed by atoms with Crippen molar-refractivity contribution >= 4 is 6.09 Å². The van der Waals surface area contributed by atoms with Gasteiger partial charge >= 0.3 is 24.1 Å². The first-order chi connectivity index (χ1) is 27.1. The number of hydrogen-bond donors (Lipinski definition) is 2. The van der Waals surface area contributed by atoms with Gasteiger partial charge in [0.15, 0.2) is 0 Å². The molecule has 0 bridgehead atoms. The van der Waals surface area contributed by atoms with Crippen LogP contribution in [0.15, 0.2) is 114 Å². The Balaban J connectivity index is 1.39. The minimum atomic E-state index is -5.06. The molecule has 1 aliphatic rings. The molecule has 2 heterocycles. The molecule has 10 nitrogen and oxygen atoms in total. The van der Waals surface area contributed by atoms with Crippen LogP contribution in [0.1, 0.15) is 59.3 Å². The number of alkyl halides is 6. The van der Waals surface area contributed by atoms with Crippen molar-refractivity contribution in [3.05, 3.63) is 153 Å². The second kappa shape index (κ2) is 16.9. The molecule has 0 radical (unpaired) electrons. The SMILES string of the molecule is COc1ccc(CNC[C@]2(n3cn[nH]c3=O)CC[C@@](CO[C@H](C)c3cc(C(F)(F)F)cc(C(F)(F)F)c3)(c3ccccc3)N(C(=O)OCc3ccccc3)C2)cc1. The zero-order valence-electron chi connectivity index (χ0n) is 31.1. The molecule has 1 aliphatic heterocycles. The Kier molecular flexibility index (Phi) is 12.1. The third-order valence-electron chi connectivity index (χ3n) is 10.4. The molecule has 0 aliphatic carbocycles. The van der Waals surface area contributed by atoms with Gasteiger partial charge in [0, 0.05) is 13.1 Å². The molecular weight excluding hydrogens is 756 g/mol. The van der Waals surface area contributed by atoms with Crippen LogP contribution in [0.3, 0.4) is 0 Å². The zero-order valence-corrected chi connectivity index (χ0v) is 31.1. The monoisotopic (exact) mass is 797 g/mol. The summed E-state index contributed by atoms with van der Waals surface area (Å²) >= 11 is 0. The van der Waals surface area contributed by atoms with E-state index in [2.05, 4.69) is 15.5 Å². The van der Waals surface area contributed by atoms with Gasteiger partial charge < -0.3 is 19.5 Å². The molecule has 0 unspecified atom stereocenters. The van der Waals surface area contributed by atoms with Crippen molar-refractivity contribution in [3.63, 3.8) is 0 Å². The van der Waals surface area contributed by atoms with E-state index in [0.717, 1.165) is 5.56 Å². The van der Waals surface area contributed by atoms with Crippen molar-refractivity contribution in [3.8, 4) is 5.75 Å². The van der Waals surface area contributed by atoms with E-state index in [1.54, 1.807) is 61.7 Å². The fourth-order valence-electron chi connectivity index (χ4n) is 7.19. The number of methoxy groups -OCH3 is 1. The molecule has 0 saturated carbocycles. The topological polar surface area (TPSA) is 111 Å². The molecule has 3 atom stereocenters. The molecule has 4 aromatic carbocycles. The number of piperidine rings is 1. The van der Waals surface area contributed by atoms with Crippen LogP contribution in [0.25, 0.3) is 0 Å². The van der Waals surface area contributed by atoms with Crippen LogP contribution >= 0.6 is 0 Å². The molecular formula is C41H41F6N5O5. The lowest BCUT2D eigenvalue weighted by Crippen LogP contribution is -2.65. The first-order valence-electron chi connectivity index (χ1n) is 18.0. The van der Waals surface area contributed by atoms with Crippen LogP contribution in [0, 0.1) is 0 Å². The van der Waals surface area contributed by atoms with Gasteiger partial charge in [0.25, 0.3) is 0 Å². The fourth-order valence-corrected chi connectivity index (χ4v) is 7.19. The summed E-state index contributed by atoms with van der Waals surface area (Å²) in [5.74, 6) is 0.680. The van der Waals surface area contributed by atoms with Gasteiger partial charge in [0.05, 0.1) is 48.6 Å². The number of likely N-dealkylation sites (tertiary alicyclic amines) is 1. The zero-order chi connectivity index (χ0) is 40.8. The van der Waals surface area contributed by atoms with Crippen molar-refractivity contribution in [2.24, 2.45) is 0 Å². The van der Waals surface area contributed by atoms with E-state index < -0.39 is 52.4 Å². The fraction of sp³-hybridized carbons (Fsp3) is 0.341. The van der Waals surface area contributed by atoms with Crippen LogP contribution in [-0.2, 0) is 46.1 Å². The van der Waals surface area contributed by atoms with E-state index in [1.807, 2.05) is 30.3 Å². The van der Waals surface area contributed by atoms with E-state index in [0.29, 0.717) is 35.6 Å². The molecule has 2 N–H and O–H groups in total. The highest BCUT2D eigenvalue weighted by Crippen LogP contribution is 2.45. The van der Waals surface area contributed by atoms with E-state index in [-0.39, 0.29) is 50.8 Å². The molecule has 5 aromatic rings. The summed E-state index contributed by atoms with van der Waals surface area (Å²) in [6.45, 7) is 1.31. The molecule has 1 aromatic heterocycles. The lowest BCUT2D eigenvalue weighted by Gasteiger charge is -2.53. The standard InChI is InChI=1S/C41H41F6N5O5/c1-28(31-19-33(40(42,43)44)21-34(20-31)41(45,46)47)57-26-39(32-11-7-4-8-12-32)18-17-38(52-27-49-50-36(52)53,24-48-22-29-13-15-35(55-2)16-14-29)25-51(39)37(54)56-23-30-9-5-3-6-10-30/h3-16,19-21,27-28,48H,17-18,22-26H2,1-2H3,(H,50,53)/t28-,38-,39-/m1/s1. The maximum atomic E-state index is 14.5. The Labute approximate surface area is 324 Å². The van der Waals surface area contributed by atoms with Crippen LogP contribution < -0.4 is 15.7 Å². The number of carbonyl (C=O) groups excluding carboxylic acids is 1. The van der Waals surface area contributed by atoms with Crippen molar-refractivity contribution in [2.75, 3.05) is 26.8 Å². The number of rotatable bonds is 13. The van der Waals surface area contributed by atoms with Crippen LogP contribution in [0.5, 0.6) is 5.75 Å². The average Bonchev–Trinajstić information content (AvgIpc) is 3.65. The largest absolute Gasteiger partial charge is 0.497 e. The number of H-pyrrole nitrogens is 1. The van der Waals surface area contributed by atoms with Crippen molar-refractivity contribution in [1.29, 1.82) is 0 Å². The number of benzene rings is 4. The third kappa shape index (κ3) is 9.34. The summed E-state index contributed by atoms with van der Waals surface area (Å²) in [5.41, 5.74) is -4.11. The molecule has 16 heteroatoms. The number of carbonyl (C=O) groups is 1. The molecule has 302 valence electrons. The number of aromatic nitrogens is 3. The van der Waals surface area contributed by atoms with E-state index in [4.69, 9.17) is 14.2 Å². The number of nitrogens with zero attached hydrogens (tertiary/aromatic N) is 3. The smallest absolute Gasteiger partial charge is 0.416 e. The Bertz CT molecular complexity index is 2130. The summed E-state index contributed by atoms with van der Waals surface area (Å²) in [6.07, 6.45) is -10.5. The number of nitrogens with one attached hydrogen (secondary N) is 2. The Morgan fingerprint density at radius 3 is 2.09 bits per heavy atom. The van der Waals surface area contributed by atoms with E-state index >= 15 is 0 Å². The minimum Gasteiger partial charge on any atom is -0.497 e. The molecule has 1 amide bonds. The second-order valence-corrected chi connectivity index (χ2v) is 14.0. The first kappa shape index (κ1) is 41.0. The Morgan fingerprint density at radius 2 is 1.51 bits per heavy atom. The molecule has 0 spiro atoms. The quantitative estimate of drug-likeness (QED) is 0.116. The van der Waals surface area contributed by atoms with Gasteiger partial charge in [-0.3, -0.25) is 9.47 Å². The number of ether oxygens (including phenoxy) is 3. The van der Waals surface area contributed by atoms with E-state index in [1.165, 1.54) is 22.7 Å². The molecule has 1 fully saturated rings. The maximum absolute atomic E-state index is 14.5. The van der Waals surface area contributed by atoms with Crippen LogP contribution in [-0.4, -0.2) is 52.6 Å². The minimum absolute atomic E-state index is 0.0629. The predicted molar refractivity (Wildman–Crippen MR) is 197 cm³/mol. The van der Waals surface area contributed by atoms with Crippen LogP contribution in [0.2, 0.25) is 0 Å².